The lowest BCUT2D eigenvalue weighted by atomic mass is 10.1. The fourth-order valence-corrected chi connectivity index (χ4v) is 3.52. The van der Waals surface area contributed by atoms with E-state index in [1.807, 2.05) is 0 Å². The van der Waals surface area contributed by atoms with E-state index < -0.39 is 34.4 Å². The van der Waals surface area contributed by atoms with Crippen molar-refractivity contribution >= 4 is 21.8 Å². The molecule has 2 aromatic carbocycles. The van der Waals surface area contributed by atoms with Crippen molar-refractivity contribution in [3.63, 3.8) is 0 Å². The molecule has 0 aliphatic carbocycles. The predicted molar refractivity (Wildman–Crippen MR) is 101 cm³/mol. The molecular formula is C19H21NO7S. The first kappa shape index (κ1) is 21.4. The molecule has 2 aromatic rings. The third-order valence-corrected chi connectivity index (χ3v) is 5.35. The molecule has 0 heterocycles. The van der Waals surface area contributed by atoms with Crippen LogP contribution in [-0.2, 0) is 19.6 Å². The number of sulfonamides is 1. The van der Waals surface area contributed by atoms with Crippen LogP contribution in [0.2, 0.25) is 0 Å². The number of carbonyl (C=O) groups is 2. The van der Waals surface area contributed by atoms with Gasteiger partial charge in [0.15, 0.2) is 23.9 Å². The molecule has 0 saturated carbocycles. The number of rotatable bonds is 9. The summed E-state index contributed by atoms with van der Waals surface area (Å²) < 4.78 is 41.8. The zero-order chi connectivity index (χ0) is 20.7. The van der Waals surface area contributed by atoms with Gasteiger partial charge in [-0.05, 0) is 37.3 Å². The highest BCUT2D eigenvalue weighted by atomic mass is 32.2. The van der Waals surface area contributed by atoms with Gasteiger partial charge >= 0.3 is 5.97 Å². The molecule has 0 aromatic heterocycles. The van der Waals surface area contributed by atoms with Crippen molar-refractivity contribution in [2.45, 2.75) is 17.9 Å². The van der Waals surface area contributed by atoms with Gasteiger partial charge in [-0.3, -0.25) is 9.59 Å². The van der Waals surface area contributed by atoms with Crippen LogP contribution in [0.5, 0.6) is 11.5 Å². The first-order valence-corrected chi connectivity index (χ1v) is 9.76. The van der Waals surface area contributed by atoms with Crippen LogP contribution in [0.3, 0.4) is 0 Å². The molecule has 0 saturated heterocycles. The van der Waals surface area contributed by atoms with E-state index >= 15 is 0 Å². The SMILES string of the molecule is COc1ccc(C(=O)COC(=O)C(C)NS(=O)(=O)c2ccccc2)cc1OC. The van der Waals surface area contributed by atoms with Crippen LogP contribution >= 0.6 is 0 Å². The maximum Gasteiger partial charge on any atom is 0.324 e. The number of benzene rings is 2. The van der Waals surface area contributed by atoms with Gasteiger partial charge in [-0.2, -0.15) is 4.72 Å². The average molecular weight is 407 g/mol. The van der Waals surface area contributed by atoms with Crippen molar-refractivity contribution in [3.05, 3.63) is 54.1 Å². The Balaban J connectivity index is 1.97. The van der Waals surface area contributed by atoms with Crippen LogP contribution in [0.15, 0.2) is 53.4 Å². The van der Waals surface area contributed by atoms with Crippen molar-refractivity contribution in [1.82, 2.24) is 4.72 Å². The van der Waals surface area contributed by atoms with Crippen LogP contribution in [0, 0.1) is 0 Å². The molecule has 1 N–H and O–H groups in total. The Hall–Kier alpha value is -2.91. The smallest absolute Gasteiger partial charge is 0.324 e. The summed E-state index contributed by atoms with van der Waals surface area (Å²) in [6.07, 6.45) is 0. The highest BCUT2D eigenvalue weighted by molar-refractivity contribution is 7.89. The molecule has 0 radical (unpaired) electrons. The second kappa shape index (κ2) is 9.34. The summed E-state index contributed by atoms with van der Waals surface area (Å²) in [5, 5.41) is 0. The molecule has 150 valence electrons. The zero-order valence-electron chi connectivity index (χ0n) is 15.7. The van der Waals surface area contributed by atoms with Gasteiger partial charge in [0, 0.05) is 5.56 Å². The van der Waals surface area contributed by atoms with Crippen LogP contribution < -0.4 is 14.2 Å². The number of nitrogens with one attached hydrogen (secondary N) is 1. The van der Waals surface area contributed by atoms with Crippen molar-refractivity contribution in [2.75, 3.05) is 20.8 Å². The summed E-state index contributed by atoms with van der Waals surface area (Å²) in [6.45, 7) is 0.801. The van der Waals surface area contributed by atoms with Crippen molar-refractivity contribution in [3.8, 4) is 11.5 Å². The topological polar surface area (TPSA) is 108 Å². The summed E-state index contributed by atoms with van der Waals surface area (Å²) in [6, 6.07) is 11.0. The number of ketones is 1. The standard InChI is InChI=1S/C19H21NO7S/c1-13(20-28(23,24)15-7-5-4-6-8-15)19(22)27-12-16(21)14-9-10-17(25-2)18(11-14)26-3/h4-11,13,20H,12H2,1-3H3. The number of ether oxygens (including phenoxy) is 3. The second-order valence-corrected chi connectivity index (χ2v) is 7.47. The summed E-state index contributed by atoms with van der Waals surface area (Å²) in [5.74, 6) is -0.510. The Labute approximate surface area is 163 Å². The summed E-state index contributed by atoms with van der Waals surface area (Å²) >= 11 is 0. The second-order valence-electron chi connectivity index (χ2n) is 5.76. The quantitative estimate of drug-likeness (QED) is 0.499. The number of methoxy groups -OCH3 is 2. The normalized spacial score (nSPS) is 12.1. The van der Waals surface area contributed by atoms with E-state index in [2.05, 4.69) is 4.72 Å². The van der Waals surface area contributed by atoms with Gasteiger partial charge in [0.05, 0.1) is 19.1 Å². The highest BCUT2D eigenvalue weighted by Crippen LogP contribution is 2.27. The Morgan fingerprint density at radius 1 is 1.00 bits per heavy atom. The Bertz CT molecular complexity index is 942. The fraction of sp³-hybridized carbons (Fsp3) is 0.263. The van der Waals surface area contributed by atoms with Crippen LogP contribution in [0.4, 0.5) is 0 Å². The first-order valence-electron chi connectivity index (χ1n) is 8.27. The number of esters is 1. The Morgan fingerprint density at radius 3 is 2.25 bits per heavy atom. The van der Waals surface area contributed by atoms with Crippen molar-refractivity contribution < 1.29 is 32.2 Å². The maximum absolute atomic E-state index is 12.2. The van der Waals surface area contributed by atoms with Gasteiger partial charge in [-0.15, -0.1) is 0 Å². The molecule has 0 fully saturated rings. The van der Waals surface area contributed by atoms with Gasteiger partial charge in [0.25, 0.3) is 0 Å². The minimum Gasteiger partial charge on any atom is -0.493 e. The average Bonchev–Trinajstić information content (AvgIpc) is 2.71. The lowest BCUT2D eigenvalue weighted by Gasteiger charge is -2.14. The molecule has 0 spiro atoms. The zero-order valence-corrected chi connectivity index (χ0v) is 16.5. The third-order valence-electron chi connectivity index (χ3n) is 3.79. The van der Waals surface area contributed by atoms with E-state index in [-0.39, 0.29) is 10.5 Å². The van der Waals surface area contributed by atoms with Gasteiger partial charge < -0.3 is 14.2 Å². The third kappa shape index (κ3) is 5.30. The van der Waals surface area contributed by atoms with Gasteiger partial charge in [0.2, 0.25) is 10.0 Å². The molecule has 28 heavy (non-hydrogen) atoms. The molecule has 8 nitrogen and oxygen atoms in total. The van der Waals surface area contributed by atoms with Gasteiger partial charge in [-0.25, -0.2) is 8.42 Å². The van der Waals surface area contributed by atoms with E-state index in [1.54, 1.807) is 24.3 Å². The summed E-state index contributed by atoms with van der Waals surface area (Å²) in [5.41, 5.74) is 0.267. The summed E-state index contributed by atoms with van der Waals surface area (Å²) in [7, 11) is -0.970. The van der Waals surface area contributed by atoms with Crippen LogP contribution in [0.1, 0.15) is 17.3 Å². The molecule has 0 aliphatic rings. The van der Waals surface area contributed by atoms with Crippen molar-refractivity contribution in [2.24, 2.45) is 0 Å². The van der Waals surface area contributed by atoms with E-state index in [1.165, 1.54) is 45.4 Å². The lowest BCUT2D eigenvalue weighted by molar-refractivity contribution is -0.144. The van der Waals surface area contributed by atoms with Crippen LogP contribution in [-0.4, -0.2) is 47.0 Å². The molecule has 0 aliphatic heterocycles. The minimum absolute atomic E-state index is 0.0241. The first-order chi connectivity index (χ1) is 13.3. The van der Waals surface area contributed by atoms with Crippen molar-refractivity contribution in [1.29, 1.82) is 0 Å². The largest absolute Gasteiger partial charge is 0.493 e. The molecule has 1 atom stereocenters. The minimum atomic E-state index is -3.88. The summed E-state index contributed by atoms with van der Waals surface area (Å²) in [4.78, 5) is 24.3. The predicted octanol–water partition coefficient (Wildman–Crippen LogP) is 1.80. The number of Topliss-reactive ketones (excluding diaryl/α,β-unsaturated/α-hetero) is 1. The van der Waals surface area contributed by atoms with Crippen LogP contribution in [0.25, 0.3) is 0 Å². The number of hydrogen-bond acceptors (Lipinski definition) is 7. The van der Waals surface area contributed by atoms with E-state index in [0.29, 0.717) is 11.5 Å². The number of carbonyl (C=O) groups excluding carboxylic acids is 2. The van der Waals surface area contributed by atoms with Gasteiger partial charge in [-0.1, -0.05) is 18.2 Å². The molecular weight excluding hydrogens is 386 g/mol. The van der Waals surface area contributed by atoms with Gasteiger partial charge in [0.1, 0.15) is 6.04 Å². The van der Waals surface area contributed by atoms with E-state index in [0.717, 1.165) is 0 Å². The van der Waals surface area contributed by atoms with E-state index in [9.17, 15) is 18.0 Å². The molecule has 2 rings (SSSR count). The highest BCUT2D eigenvalue weighted by Gasteiger charge is 2.24. The fourth-order valence-electron chi connectivity index (χ4n) is 2.30. The molecule has 9 heteroatoms. The lowest BCUT2D eigenvalue weighted by Crippen LogP contribution is -2.40. The van der Waals surface area contributed by atoms with E-state index in [4.69, 9.17) is 14.2 Å². The molecule has 1 unspecified atom stereocenters. The molecule has 0 bridgehead atoms. The number of hydrogen-bond donors (Lipinski definition) is 1. The Kier molecular flexibility index (Phi) is 7.13. The molecule has 0 amide bonds. The maximum atomic E-state index is 12.2. The monoisotopic (exact) mass is 407 g/mol. The Morgan fingerprint density at radius 2 is 1.64 bits per heavy atom.